The summed E-state index contributed by atoms with van der Waals surface area (Å²) in [6.07, 6.45) is -13.8. The standard InChI is InChI=1S/C11H15F9O3Si/c12-9(13,14)5-21-24(8-3-1-2-4-8,22-6-10(15,16)17)23-7-11(18,19)20/h8H,1-7H2. The molecule has 0 amide bonds. The van der Waals surface area contributed by atoms with Crippen molar-refractivity contribution in [3.05, 3.63) is 0 Å². The molecule has 0 aromatic rings. The summed E-state index contributed by atoms with van der Waals surface area (Å²) in [7, 11) is -4.85. The third-order valence-electron chi connectivity index (χ3n) is 3.17. The Balaban J connectivity index is 2.99. The van der Waals surface area contributed by atoms with E-state index in [0.29, 0.717) is 12.8 Å². The van der Waals surface area contributed by atoms with Crippen LogP contribution in [0.2, 0.25) is 5.54 Å². The Labute approximate surface area is 132 Å². The van der Waals surface area contributed by atoms with Crippen LogP contribution >= 0.6 is 0 Å². The highest BCUT2D eigenvalue weighted by molar-refractivity contribution is 6.62. The van der Waals surface area contributed by atoms with Crippen LogP contribution in [0.5, 0.6) is 0 Å². The van der Waals surface area contributed by atoms with Gasteiger partial charge in [0.1, 0.15) is 19.8 Å². The summed E-state index contributed by atoms with van der Waals surface area (Å²) in [6.45, 7) is -6.11. The van der Waals surface area contributed by atoms with Gasteiger partial charge in [-0.05, 0) is 12.8 Å². The summed E-state index contributed by atoms with van der Waals surface area (Å²) < 4.78 is 125. The molecule has 0 bridgehead atoms. The molecule has 3 nitrogen and oxygen atoms in total. The first-order valence-electron chi connectivity index (χ1n) is 6.85. The van der Waals surface area contributed by atoms with Crippen LogP contribution in [0.25, 0.3) is 0 Å². The zero-order chi connectivity index (χ0) is 18.6. The van der Waals surface area contributed by atoms with Crippen molar-refractivity contribution in [2.45, 2.75) is 49.8 Å². The smallest absolute Gasteiger partial charge is 0.364 e. The highest BCUT2D eigenvalue weighted by atomic mass is 28.4. The topological polar surface area (TPSA) is 27.7 Å². The van der Waals surface area contributed by atoms with Gasteiger partial charge in [0.15, 0.2) is 0 Å². The predicted molar refractivity (Wildman–Crippen MR) is 64.0 cm³/mol. The van der Waals surface area contributed by atoms with Crippen molar-refractivity contribution in [1.82, 2.24) is 0 Å². The Morgan fingerprint density at radius 1 is 0.625 bits per heavy atom. The maximum atomic E-state index is 12.4. The van der Waals surface area contributed by atoms with Crippen LogP contribution in [-0.2, 0) is 13.3 Å². The molecule has 0 heterocycles. The van der Waals surface area contributed by atoms with E-state index in [9.17, 15) is 39.5 Å². The summed E-state index contributed by atoms with van der Waals surface area (Å²) in [5.41, 5.74) is -1.04. The van der Waals surface area contributed by atoms with Gasteiger partial charge in [-0.25, -0.2) is 0 Å². The summed E-state index contributed by atoms with van der Waals surface area (Å²) in [5.74, 6) is 0. The fraction of sp³-hybridized carbons (Fsp3) is 1.00. The van der Waals surface area contributed by atoms with Gasteiger partial charge >= 0.3 is 27.3 Å². The van der Waals surface area contributed by atoms with E-state index < -0.39 is 52.7 Å². The average molecular weight is 394 g/mol. The van der Waals surface area contributed by atoms with Gasteiger partial charge in [0.05, 0.1) is 0 Å². The predicted octanol–water partition coefficient (Wildman–Crippen LogP) is 4.61. The zero-order valence-electron chi connectivity index (χ0n) is 12.2. The summed E-state index contributed by atoms with van der Waals surface area (Å²) in [5, 5.41) is 0. The quantitative estimate of drug-likeness (QED) is 0.466. The molecule has 0 aromatic carbocycles. The third kappa shape index (κ3) is 8.03. The number of halogens is 9. The summed E-state index contributed by atoms with van der Waals surface area (Å²) >= 11 is 0. The Morgan fingerprint density at radius 2 is 0.917 bits per heavy atom. The monoisotopic (exact) mass is 394 g/mol. The molecule has 1 aliphatic rings. The first-order chi connectivity index (χ1) is 10.7. The SMILES string of the molecule is FC(F)(F)CO[Si](OCC(F)(F)F)(OCC(F)(F)F)C1CCCC1. The van der Waals surface area contributed by atoms with Gasteiger partial charge in [0, 0.05) is 5.54 Å². The van der Waals surface area contributed by atoms with Crippen LogP contribution in [0.3, 0.4) is 0 Å². The molecular weight excluding hydrogens is 379 g/mol. The molecule has 0 N–H and O–H groups in total. The maximum absolute atomic E-state index is 12.4. The van der Waals surface area contributed by atoms with E-state index in [2.05, 4.69) is 13.3 Å². The van der Waals surface area contributed by atoms with Crippen molar-refractivity contribution in [3.8, 4) is 0 Å². The third-order valence-corrected chi connectivity index (χ3v) is 6.38. The minimum atomic E-state index is -4.94. The van der Waals surface area contributed by atoms with E-state index in [1.807, 2.05) is 0 Å². The molecule has 0 unspecified atom stereocenters. The van der Waals surface area contributed by atoms with E-state index >= 15 is 0 Å². The first kappa shape index (κ1) is 21.5. The second-order valence-electron chi connectivity index (χ2n) is 5.30. The van der Waals surface area contributed by atoms with Crippen LogP contribution in [-0.4, -0.2) is 47.2 Å². The molecule has 0 saturated heterocycles. The average Bonchev–Trinajstić information content (AvgIpc) is 2.89. The Bertz CT molecular complexity index is 342. The number of alkyl halides is 9. The molecule has 24 heavy (non-hydrogen) atoms. The molecule has 0 aliphatic heterocycles. The number of hydrogen-bond donors (Lipinski definition) is 0. The first-order valence-corrected chi connectivity index (χ1v) is 8.65. The van der Waals surface area contributed by atoms with Gasteiger partial charge in [0.2, 0.25) is 0 Å². The van der Waals surface area contributed by atoms with Gasteiger partial charge < -0.3 is 13.3 Å². The summed E-state index contributed by atoms with van der Waals surface area (Å²) in [6, 6.07) is 0. The van der Waals surface area contributed by atoms with Gasteiger partial charge in [0.25, 0.3) is 0 Å². The molecular formula is C11H15F9O3Si. The normalized spacial score (nSPS) is 18.4. The lowest BCUT2D eigenvalue weighted by atomic mass is 10.4. The lowest BCUT2D eigenvalue weighted by molar-refractivity contribution is -0.195. The molecule has 0 radical (unpaired) electrons. The Morgan fingerprint density at radius 3 is 1.17 bits per heavy atom. The molecule has 0 spiro atoms. The van der Waals surface area contributed by atoms with Crippen molar-refractivity contribution >= 4 is 8.80 Å². The number of hydrogen-bond acceptors (Lipinski definition) is 3. The number of rotatable bonds is 7. The maximum Gasteiger partial charge on any atom is 0.505 e. The minimum absolute atomic E-state index is 0.0831. The van der Waals surface area contributed by atoms with Crippen LogP contribution in [0, 0.1) is 0 Å². The van der Waals surface area contributed by atoms with Crippen molar-refractivity contribution in [1.29, 1.82) is 0 Å². The van der Waals surface area contributed by atoms with Crippen LogP contribution < -0.4 is 0 Å². The fourth-order valence-electron chi connectivity index (χ4n) is 2.31. The van der Waals surface area contributed by atoms with Crippen LogP contribution in [0.4, 0.5) is 39.5 Å². The Hall–Kier alpha value is -0.533. The van der Waals surface area contributed by atoms with Gasteiger partial charge in [-0.2, -0.15) is 39.5 Å². The van der Waals surface area contributed by atoms with Crippen molar-refractivity contribution < 1.29 is 52.8 Å². The molecule has 144 valence electrons. The molecule has 1 rings (SSSR count). The molecule has 1 aliphatic carbocycles. The molecule has 0 aromatic heterocycles. The van der Waals surface area contributed by atoms with Crippen molar-refractivity contribution in [2.24, 2.45) is 0 Å². The highest BCUT2D eigenvalue weighted by Gasteiger charge is 2.55. The Kier molecular flexibility index (Phi) is 6.98. The summed E-state index contributed by atoms with van der Waals surface area (Å²) in [4.78, 5) is 0. The molecule has 0 atom stereocenters. The van der Waals surface area contributed by atoms with E-state index in [1.165, 1.54) is 0 Å². The van der Waals surface area contributed by atoms with Crippen molar-refractivity contribution in [2.75, 3.05) is 19.8 Å². The second kappa shape index (κ2) is 7.79. The lowest BCUT2D eigenvalue weighted by Gasteiger charge is -2.34. The second-order valence-corrected chi connectivity index (χ2v) is 8.19. The fourth-order valence-corrected chi connectivity index (χ4v) is 5.47. The van der Waals surface area contributed by atoms with Gasteiger partial charge in [-0.1, -0.05) is 12.8 Å². The van der Waals surface area contributed by atoms with Crippen molar-refractivity contribution in [3.63, 3.8) is 0 Å². The van der Waals surface area contributed by atoms with Gasteiger partial charge in [-0.3, -0.25) is 0 Å². The van der Waals surface area contributed by atoms with E-state index in [0.717, 1.165) is 0 Å². The van der Waals surface area contributed by atoms with E-state index in [1.54, 1.807) is 0 Å². The van der Waals surface area contributed by atoms with Crippen LogP contribution in [0.1, 0.15) is 25.7 Å². The van der Waals surface area contributed by atoms with E-state index in [4.69, 9.17) is 0 Å². The highest BCUT2D eigenvalue weighted by Crippen LogP contribution is 2.42. The van der Waals surface area contributed by atoms with Gasteiger partial charge in [-0.15, -0.1) is 0 Å². The van der Waals surface area contributed by atoms with Crippen LogP contribution in [0.15, 0.2) is 0 Å². The largest absolute Gasteiger partial charge is 0.505 e. The molecule has 1 fully saturated rings. The molecule has 13 heteroatoms. The minimum Gasteiger partial charge on any atom is -0.364 e. The lowest BCUT2D eigenvalue weighted by Crippen LogP contribution is -2.54. The van der Waals surface area contributed by atoms with E-state index in [-0.39, 0.29) is 12.8 Å². The zero-order valence-corrected chi connectivity index (χ0v) is 13.2. The molecule has 1 saturated carbocycles.